The highest BCUT2D eigenvalue weighted by atomic mass is 32.2. The van der Waals surface area contributed by atoms with Crippen molar-refractivity contribution >= 4 is 48.1 Å². The zero-order valence-electron chi connectivity index (χ0n) is 13.6. The van der Waals surface area contributed by atoms with Crippen LogP contribution in [0.2, 0.25) is 0 Å². The quantitative estimate of drug-likeness (QED) is 0.242. The Kier molecular flexibility index (Phi) is 4.70. The number of nitrogen functional groups attached to an aromatic ring is 1. The zero-order valence-corrected chi connectivity index (χ0v) is 15.3. The fourth-order valence-corrected chi connectivity index (χ4v) is 3.53. The van der Waals surface area contributed by atoms with E-state index in [9.17, 15) is 21.4 Å². The van der Waals surface area contributed by atoms with Crippen molar-refractivity contribution in [3.63, 3.8) is 0 Å². The minimum absolute atomic E-state index is 0.269. The molecule has 0 amide bonds. The smallest absolute Gasteiger partial charge is 0.294 e. The molecule has 11 heteroatoms. The van der Waals surface area contributed by atoms with Gasteiger partial charge in [0.05, 0.1) is 21.2 Å². The molecule has 0 heterocycles. The van der Waals surface area contributed by atoms with E-state index in [4.69, 9.17) is 10.3 Å². The summed E-state index contributed by atoms with van der Waals surface area (Å²) in [6, 6.07) is 12.7. The normalized spacial score (nSPS) is 12.1. The first-order valence-electron chi connectivity index (χ1n) is 7.45. The summed E-state index contributed by atoms with van der Waals surface area (Å²) < 4.78 is 63.3. The van der Waals surface area contributed by atoms with Crippen molar-refractivity contribution in [1.29, 1.82) is 0 Å². The van der Waals surface area contributed by atoms with Crippen LogP contribution in [0, 0.1) is 0 Å². The van der Waals surface area contributed by atoms with Crippen LogP contribution < -0.4 is 16.6 Å². The van der Waals surface area contributed by atoms with Gasteiger partial charge in [-0.2, -0.15) is 16.8 Å². The molecule has 27 heavy (non-hydrogen) atoms. The molecule has 0 aliphatic heterocycles. The number of nitrogens with two attached hydrogens (primary N) is 1. The SMILES string of the molecule is Nc1ccc(NNc2cccc(S(=O)(=O)O)c2)c2ccc(S(=O)(=O)O)cc12. The minimum atomic E-state index is -4.37. The molecule has 0 aliphatic rings. The standard InChI is InChI=1S/C16H15N3O6S2/c17-15-6-7-16(13-5-4-12(9-14(13)15)27(23,24)25)19-18-10-2-1-3-11(8-10)26(20,21)22/h1-9,18-19H,17H2,(H,20,21,22)(H,23,24,25). The average molecular weight is 409 g/mol. The maximum absolute atomic E-state index is 11.3. The number of nitrogens with one attached hydrogen (secondary N) is 2. The fraction of sp³-hybridized carbons (Fsp3) is 0. The maximum atomic E-state index is 11.3. The summed E-state index contributed by atoms with van der Waals surface area (Å²) in [6.45, 7) is 0. The Hall–Kier alpha value is -2.86. The Morgan fingerprint density at radius 2 is 1.41 bits per heavy atom. The number of benzene rings is 3. The zero-order chi connectivity index (χ0) is 19.8. The topological polar surface area (TPSA) is 159 Å². The number of rotatable bonds is 5. The Morgan fingerprint density at radius 3 is 2.07 bits per heavy atom. The maximum Gasteiger partial charge on any atom is 0.294 e. The highest BCUT2D eigenvalue weighted by Gasteiger charge is 2.13. The van der Waals surface area contributed by atoms with Crippen molar-refractivity contribution in [1.82, 2.24) is 0 Å². The van der Waals surface area contributed by atoms with Gasteiger partial charge < -0.3 is 16.6 Å². The first-order chi connectivity index (χ1) is 12.6. The molecule has 0 unspecified atom stereocenters. The van der Waals surface area contributed by atoms with Crippen LogP contribution in [-0.4, -0.2) is 25.9 Å². The lowest BCUT2D eigenvalue weighted by atomic mass is 10.1. The Labute approximate surface area is 155 Å². The number of hydrogen-bond donors (Lipinski definition) is 5. The van der Waals surface area contributed by atoms with Crippen LogP contribution in [0.3, 0.4) is 0 Å². The van der Waals surface area contributed by atoms with Crippen LogP contribution in [0.25, 0.3) is 10.8 Å². The molecular formula is C16H15N3O6S2. The van der Waals surface area contributed by atoms with E-state index < -0.39 is 20.2 Å². The van der Waals surface area contributed by atoms with Gasteiger partial charge in [0.1, 0.15) is 0 Å². The van der Waals surface area contributed by atoms with Gasteiger partial charge in [0.2, 0.25) is 0 Å². The van der Waals surface area contributed by atoms with E-state index in [1.54, 1.807) is 18.2 Å². The minimum Gasteiger partial charge on any atom is -0.398 e. The van der Waals surface area contributed by atoms with Crippen LogP contribution in [0.5, 0.6) is 0 Å². The monoisotopic (exact) mass is 409 g/mol. The van der Waals surface area contributed by atoms with Gasteiger partial charge in [0.15, 0.2) is 0 Å². The van der Waals surface area contributed by atoms with E-state index in [0.29, 0.717) is 27.8 Å². The van der Waals surface area contributed by atoms with Crippen molar-refractivity contribution in [2.24, 2.45) is 0 Å². The van der Waals surface area contributed by atoms with Gasteiger partial charge in [-0.25, -0.2) is 0 Å². The van der Waals surface area contributed by atoms with Gasteiger partial charge in [0, 0.05) is 16.5 Å². The number of hydrogen-bond acceptors (Lipinski definition) is 7. The van der Waals surface area contributed by atoms with Crippen LogP contribution in [0.1, 0.15) is 0 Å². The molecule has 3 aromatic rings. The lowest BCUT2D eigenvalue weighted by molar-refractivity contribution is 0.481. The molecule has 3 rings (SSSR count). The van der Waals surface area contributed by atoms with Crippen molar-refractivity contribution in [2.45, 2.75) is 9.79 Å². The van der Waals surface area contributed by atoms with Gasteiger partial charge in [-0.3, -0.25) is 9.11 Å². The second-order valence-corrected chi connectivity index (χ2v) is 8.48. The Morgan fingerprint density at radius 1 is 0.741 bits per heavy atom. The molecule has 0 bridgehead atoms. The molecule has 9 nitrogen and oxygen atoms in total. The first kappa shape index (κ1) is 18.9. The van der Waals surface area contributed by atoms with E-state index in [0.717, 1.165) is 0 Å². The molecule has 0 aliphatic carbocycles. The van der Waals surface area contributed by atoms with Crippen molar-refractivity contribution in [2.75, 3.05) is 16.6 Å². The van der Waals surface area contributed by atoms with E-state index in [1.807, 2.05) is 0 Å². The highest BCUT2D eigenvalue weighted by Crippen LogP contribution is 2.30. The first-order valence-corrected chi connectivity index (χ1v) is 10.3. The fourth-order valence-electron chi connectivity index (χ4n) is 2.49. The van der Waals surface area contributed by atoms with Crippen LogP contribution in [0.15, 0.2) is 64.4 Å². The molecule has 0 spiro atoms. The van der Waals surface area contributed by atoms with E-state index in [2.05, 4.69) is 10.9 Å². The Bertz CT molecular complexity index is 1240. The summed E-state index contributed by atoms with van der Waals surface area (Å²) in [5, 5.41) is 0.976. The molecular weight excluding hydrogens is 394 g/mol. The summed E-state index contributed by atoms with van der Waals surface area (Å²) in [6.07, 6.45) is 0. The lowest BCUT2D eigenvalue weighted by Crippen LogP contribution is -2.10. The Balaban J connectivity index is 1.95. The second-order valence-electron chi connectivity index (χ2n) is 5.64. The average Bonchev–Trinajstić information content (AvgIpc) is 2.60. The van der Waals surface area contributed by atoms with Gasteiger partial charge in [0.25, 0.3) is 20.2 Å². The van der Waals surface area contributed by atoms with Crippen molar-refractivity contribution in [3.05, 3.63) is 54.6 Å². The lowest BCUT2D eigenvalue weighted by Gasteiger charge is -2.14. The largest absolute Gasteiger partial charge is 0.398 e. The van der Waals surface area contributed by atoms with Crippen molar-refractivity contribution in [3.8, 4) is 0 Å². The van der Waals surface area contributed by atoms with Gasteiger partial charge in [-0.1, -0.05) is 12.1 Å². The number of fused-ring (bicyclic) bond motifs is 1. The molecule has 6 N–H and O–H groups in total. The van der Waals surface area contributed by atoms with Crippen LogP contribution in [0.4, 0.5) is 17.1 Å². The van der Waals surface area contributed by atoms with E-state index in [-0.39, 0.29) is 9.79 Å². The third-order valence-electron chi connectivity index (χ3n) is 3.79. The van der Waals surface area contributed by atoms with Crippen molar-refractivity contribution < 1.29 is 25.9 Å². The van der Waals surface area contributed by atoms with Gasteiger partial charge >= 0.3 is 0 Å². The van der Waals surface area contributed by atoms with Gasteiger partial charge in [-0.05, 0) is 42.5 Å². The second kappa shape index (κ2) is 6.70. The predicted octanol–water partition coefficient (Wildman–Crippen LogP) is 2.35. The molecule has 142 valence electrons. The van der Waals surface area contributed by atoms with Crippen LogP contribution in [-0.2, 0) is 20.2 Å². The summed E-state index contributed by atoms with van der Waals surface area (Å²) in [7, 11) is -8.70. The van der Waals surface area contributed by atoms with E-state index in [1.165, 1.54) is 36.4 Å². The van der Waals surface area contributed by atoms with Gasteiger partial charge in [-0.15, -0.1) is 0 Å². The summed E-state index contributed by atoms with van der Waals surface area (Å²) in [5.41, 5.74) is 12.8. The van der Waals surface area contributed by atoms with E-state index >= 15 is 0 Å². The molecule has 0 saturated carbocycles. The molecule has 0 saturated heterocycles. The summed E-state index contributed by atoms with van der Waals surface area (Å²) in [5.74, 6) is 0. The van der Waals surface area contributed by atoms with Crippen LogP contribution >= 0.6 is 0 Å². The molecule has 0 fully saturated rings. The summed E-state index contributed by atoms with van der Waals surface area (Å²) in [4.78, 5) is -0.554. The number of anilines is 3. The molecule has 0 atom stereocenters. The molecule has 0 aromatic heterocycles. The highest BCUT2D eigenvalue weighted by molar-refractivity contribution is 7.86. The number of hydrazine groups is 1. The molecule has 0 radical (unpaired) electrons. The summed E-state index contributed by atoms with van der Waals surface area (Å²) >= 11 is 0. The third kappa shape index (κ3) is 4.11. The molecule has 3 aromatic carbocycles. The third-order valence-corrected chi connectivity index (χ3v) is 5.49. The predicted molar refractivity (Wildman–Crippen MR) is 102 cm³/mol.